The molecular formula is C19H17N3O3S. The highest BCUT2D eigenvalue weighted by Gasteiger charge is 2.11. The molecule has 132 valence electrons. The predicted molar refractivity (Wildman–Crippen MR) is 102 cm³/mol. The van der Waals surface area contributed by atoms with Gasteiger partial charge in [-0.15, -0.1) is 11.3 Å². The number of aryl methyl sites for hydroxylation is 1. The van der Waals surface area contributed by atoms with E-state index in [-0.39, 0.29) is 17.5 Å². The number of carbonyl (C=O) groups is 2. The molecule has 0 aliphatic heterocycles. The number of hydrogen-bond donors (Lipinski definition) is 2. The minimum atomic E-state index is -0.343. The van der Waals surface area contributed by atoms with Crippen LogP contribution in [0.15, 0.2) is 53.9 Å². The Morgan fingerprint density at radius 1 is 0.962 bits per heavy atom. The molecule has 0 saturated heterocycles. The third-order valence-electron chi connectivity index (χ3n) is 3.39. The average molecular weight is 367 g/mol. The molecule has 0 radical (unpaired) electrons. The van der Waals surface area contributed by atoms with Crippen molar-refractivity contribution in [2.75, 3.05) is 10.6 Å². The maximum Gasteiger partial charge on any atom is 0.275 e. The summed E-state index contributed by atoms with van der Waals surface area (Å²) in [5.41, 5.74) is 2.04. The van der Waals surface area contributed by atoms with Crippen molar-refractivity contribution in [3.05, 3.63) is 65.2 Å². The summed E-state index contributed by atoms with van der Waals surface area (Å²) >= 11 is 1.20. The second-order valence-electron chi connectivity index (χ2n) is 5.61. The molecule has 0 fully saturated rings. The van der Waals surface area contributed by atoms with Crippen molar-refractivity contribution in [2.45, 2.75) is 13.8 Å². The van der Waals surface area contributed by atoms with Gasteiger partial charge in [-0.2, -0.15) is 0 Å². The highest BCUT2D eigenvalue weighted by Crippen LogP contribution is 2.24. The van der Waals surface area contributed by atoms with Crippen LogP contribution in [-0.4, -0.2) is 16.8 Å². The van der Waals surface area contributed by atoms with Gasteiger partial charge in [-0.05, 0) is 43.3 Å². The van der Waals surface area contributed by atoms with E-state index < -0.39 is 0 Å². The Balaban J connectivity index is 1.61. The van der Waals surface area contributed by atoms with Crippen LogP contribution < -0.4 is 15.4 Å². The molecule has 0 unspecified atom stereocenters. The third kappa shape index (κ3) is 4.67. The van der Waals surface area contributed by atoms with Gasteiger partial charge in [-0.3, -0.25) is 9.59 Å². The van der Waals surface area contributed by atoms with E-state index in [4.69, 9.17) is 4.74 Å². The fourth-order valence-electron chi connectivity index (χ4n) is 2.13. The summed E-state index contributed by atoms with van der Waals surface area (Å²) in [7, 11) is 0. The van der Waals surface area contributed by atoms with E-state index in [2.05, 4.69) is 15.6 Å². The Bertz CT molecular complexity index is 918. The Hall–Kier alpha value is -3.19. The van der Waals surface area contributed by atoms with Gasteiger partial charge >= 0.3 is 0 Å². The van der Waals surface area contributed by atoms with Crippen molar-refractivity contribution < 1.29 is 14.3 Å². The van der Waals surface area contributed by atoms with Gasteiger partial charge in [-0.25, -0.2) is 4.98 Å². The van der Waals surface area contributed by atoms with Gasteiger partial charge in [0.1, 0.15) is 17.2 Å². The van der Waals surface area contributed by atoms with Crippen LogP contribution in [0.2, 0.25) is 0 Å². The maximum absolute atomic E-state index is 12.2. The topological polar surface area (TPSA) is 80.3 Å². The highest BCUT2D eigenvalue weighted by molar-refractivity contribution is 7.14. The molecule has 2 N–H and O–H groups in total. The molecule has 26 heavy (non-hydrogen) atoms. The summed E-state index contributed by atoms with van der Waals surface area (Å²) in [5, 5.41) is 7.30. The minimum absolute atomic E-state index is 0.226. The van der Waals surface area contributed by atoms with E-state index in [9.17, 15) is 9.59 Å². The van der Waals surface area contributed by atoms with Gasteiger partial charge in [0.15, 0.2) is 5.13 Å². The first kappa shape index (κ1) is 17.6. The van der Waals surface area contributed by atoms with Crippen LogP contribution in [0.25, 0.3) is 0 Å². The molecule has 0 aliphatic rings. The lowest BCUT2D eigenvalue weighted by molar-refractivity contribution is -0.114. The molecule has 0 spiro atoms. The SMILES string of the molecule is CC(=O)Nc1nc(C(=O)Nc2ccc(Oc3ccc(C)cc3)cc2)cs1. The number of thiazole rings is 1. The standard InChI is InChI=1S/C19H17N3O3S/c1-12-3-7-15(8-4-12)25-16-9-5-14(6-10-16)21-18(24)17-11-26-19(22-17)20-13(2)23/h3-11H,1-2H3,(H,21,24)(H,20,22,23). The number of nitrogens with one attached hydrogen (secondary N) is 2. The first-order chi connectivity index (χ1) is 12.5. The Kier molecular flexibility index (Phi) is 5.28. The number of anilines is 2. The number of aromatic nitrogens is 1. The van der Waals surface area contributed by atoms with Gasteiger partial charge in [-0.1, -0.05) is 17.7 Å². The number of carbonyl (C=O) groups excluding carboxylic acids is 2. The van der Waals surface area contributed by atoms with Crippen molar-refractivity contribution >= 4 is 34.0 Å². The van der Waals surface area contributed by atoms with Gasteiger partial charge in [0.25, 0.3) is 5.91 Å². The maximum atomic E-state index is 12.2. The van der Waals surface area contributed by atoms with Crippen LogP contribution in [0.3, 0.4) is 0 Å². The second-order valence-corrected chi connectivity index (χ2v) is 6.47. The molecule has 0 saturated carbocycles. The van der Waals surface area contributed by atoms with Crippen molar-refractivity contribution in [1.82, 2.24) is 4.98 Å². The molecule has 1 heterocycles. The molecule has 0 atom stereocenters. The van der Waals surface area contributed by atoms with Crippen molar-refractivity contribution in [3.8, 4) is 11.5 Å². The summed E-state index contributed by atoms with van der Waals surface area (Å²) in [6.07, 6.45) is 0. The van der Waals surface area contributed by atoms with Gasteiger partial charge in [0.05, 0.1) is 0 Å². The quantitative estimate of drug-likeness (QED) is 0.698. The Morgan fingerprint density at radius 2 is 1.58 bits per heavy atom. The first-order valence-corrected chi connectivity index (χ1v) is 8.76. The number of hydrogen-bond acceptors (Lipinski definition) is 5. The van der Waals surface area contributed by atoms with Gasteiger partial charge in [0, 0.05) is 18.0 Å². The first-order valence-electron chi connectivity index (χ1n) is 7.88. The Labute approximate surface area is 154 Å². The highest BCUT2D eigenvalue weighted by atomic mass is 32.1. The lowest BCUT2D eigenvalue weighted by Crippen LogP contribution is -2.13. The minimum Gasteiger partial charge on any atom is -0.457 e. The molecule has 0 aliphatic carbocycles. The van der Waals surface area contributed by atoms with Crippen LogP contribution in [0, 0.1) is 6.92 Å². The number of amides is 2. The Morgan fingerprint density at radius 3 is 2.19 bits per heavy atom. The number of ether oxygens (including phenoxy) is 1. The molecule has 1 aromatic heterocycles. The zero-order valence-corrected chi connectivity index (χ0v) is 15.1. The fourth-order valence-corrected chi connectivity index (χ4v) is 2.87. The lowest BCUT2D eigenvalue weighted by Gasteiger charge is -2.08. The van der Waals surface area contributed by atoms with Crippen LogP contribution in [-0.2, 0) is 4.79 Å². The lowest BCUT2D eigenvalue weighted by atomic mass is 10.2. The van der Waals surface area contributed by atoms with Crippen molar-refractivity contribution in [3.63, 3.8) is 0 Å². The molecule has 2 amide bonds. The second kappa shape index (κ2) is 7.79. The summed E-state index contributed by atoms with van der Waals surface area (Å²) in [4.78, 5) is 27.3. The monoisotopic (exact) mass is 367 g/mol. The van der Waals surface area contributed by atoms with E-state index in [1.165, 1.54) is 23.8 Å². The predicted octanol–water partition coefficient (Wildman–Crippen LogP) is 4.45. The largest absolute Gasteiger partial charge is 0.457 e. The van der Waals surface area contributed by atoms with E-state index in [0.717, 1.165) is 5.75 Å². The molecule has 2 aromatic carbocycles. The molecule has 3 aromatic rings. The van der Waals surface area contributed by atoms with Crippen LogP contribution in [0.5, 0.6) is 11.5 Å². The van der Waals surface area contributed by atoms with Crippen molar-refractivity contribution in [1.29, 1.82) is 0 Å². The van der Waals surface area contributed by atoms with Crippen LogP contribution in [0.4, 0.5) is 10.8 Å². The number of nitrogens with zero attached hydrogens (tertiary/aromatic N) is 1. The van der Waals surface area contributed by atoms with Gasteiger partial charge in [0.2, 0.25) is 5.91 Å². The number of rotatable bonds is 5. The van der Waals surface area contributed by atoms with Gasteiger partial charge < -0.3 is 15.4 Å². The molecule has 0 bridgehead atoms. The normalized spacial score (nSPS) is 10.2. The molecule has 3 rings (SSSR count). The smallest absolute Gasteiger partial charge is 0.275 e. The zero-order valence-electron chi connectivity index (χ0n) is 14.3. The van der Waals surface area contributed by atoms with E-state index in [1.54, 1.807) is 29.6 Å². The summed E-state index contributed by atoms with van der Waals surface area (Å²) in [6, 6.07) is 14.8. The molecular weight excluding hydrogens is 350 g/mol. The van der Waals surface area contributed by atoms with E-state index in [0.29, 0.717) is 16.6 Å². The summed E-state index contributed by atoms with van der Waals surface area (Å²) in [5.74, 6) is 0.856. The number of benzene rings is 2. The molecule has 6 nitrogen and oxygen atoms in total. The van der Waals surface area contributed by atoms with Crippen molar-refractivity contribution in [2.24, 2.45) is 0 Å². The third-order valence-corrected chi connectivity index (χ3v) is 4.15. The zero-order chi connectivity index (χ0) is 18.5. The van der Waals surface area contributed by atoms with E-state index in [1.807, 2.05) is 31.2 Å². The summed E-state index contributed by atoms with van der Waals surface area (Å²) in [6.45, 7) is 3.41. The van der Waals surface area contributed by atoms with Crippen LogP contribution in [0.1, 0.15) is 23.0 Å². The average Bonchev–Trinajstić information content (AvgIpc) is 3.06. The van der Waals surface area contributed by atoms with E-state index >= 15 is 0 Å². The fraction of sp³-hybridized carbons (Fsp3) is 0.105. The molecule has 7 heteroatoms. The van der Waals surface area contributed by atoms with Crippen LogP contribution >= 0.6 is 11.3 Å². The summed E-state index contributed by atoms with van der Waals surface area (Å²) < 4.78 is 5.75.